The second-order valence-electron chi connectivity index (χ2n) is 4.95. The van der Waals surface area contributed by atoms with Gasteiger partial charge in [0.25, 0.3) is 0 Å². The average molecular weight is 248 g/mol. The minimum absolute atomic E-state index is 0.852. The molecule has 0 saturated carbocycles. The van der Waals surface area contributed by atoms with E-state index in [0.29, 0.717) is 0 Å². The second kappa shape index (κ2) is 4.38. The number of aryl methyl sites for hydroxylation is 2. The molecule has 2 heteroatoms. The van der Waals surface area contributed by atoms with Crippen LogP contribution >= 0.6 is 11.6 Å². The maximum Gasteiger partial charge on any atom is 0.0500 e. The van der Waals surface area contributed by atoms with Gasteiger partial charge in [-0.2, -0.15) is 0 Å². The topological polar surface area (TPSA) is 4.93 Å². The first kappa shape index (κ1) is 11.2. The lowest BCUT2D eigenvalue weighted by molar-refractivity contribution is 0.606. The van der Waals surface area contributed by atoms with E-state index in [0.717, 1.165) is 11.6 Å². The van der Waals surface area contributed by atoms with Crippen molar-refractivity contribution in [1.29, 1.82) is 0 Å². The van der Waals surface area contributed by atoms with Crippen molar-refractivity contribution in [2.24, 2.45) is 0 Å². The quantitative estimate of drug-likeness (QED) is 0.732. The summed E-state index contributed by atoms with van der Waals surface area (Å²) in [6, 6.07) is 6.36. The molecule has 1 aromatic heterocycles. The molecule has 17 heavy (non-hydrogen) atoms. The molecule has 1 aliphatic carbocycles. The number of aromatic nitrogens is 1. The van der Waals surface area contributed by atoms with Crippen LogP contribution in [-0.4, -0.2) is 4.57 Å². The molecule has 0 bridgehead atoms. The number of rotatable bonds is 2. The van der Waals surface area contributed by atoms with Crippen molar-refractivity contribution in [2.75, 3.05) is 0 Å². The molecule has 1 aliphatic rings. The minimum atomic E-state index is 0.852. The molecule has 3 rings (SSSR count). The lowest BCUT2D eigenvalue weighted by Crippen LogP contribution is -2.08. The van der Waals surface area contributed by atoms with Crippen molar-refractivity contribution in [1.82, 2.24) is 4.57 Å². The van der Waals surface area contributed by atoms with Gasteiger partial charge in [-0.15, -0.1) is 0 Å². The zero-order valence-electron chi connectivity index (χ0n) is 10.3. The van der Waals surface area contributed by atoms with E-state index >= 15 is 0 Å². The maximum absolute atomic E-state index is 6.14. The Kier molecular flexibility index (Phi) is 2.87. The molecule has 1 heterocycles. The molecule has 0 aliphatic heterocycles. The normalized spacial score (nSPS) is 15.2. The summed E-state index contributed by atoms with van der Waals surface area (Å²) >= 11 is 6.14. The molecule has 0 spiro atoms. The number of nitrogens with zero attached hydrogens (tertiary/aromatic N) is 1. The minimum Gasteiger partial charge on any atom is -0.344 e. The Balaban J connectivity index is 2.29. The van der Waals surface area contributed by atoms with Crippen LogP contribution in [0, 0.1) is 0 Å². The smallest absolute Gasteiger partial charge is 0.0500 e. The molecule has 0 unspecified atom stereocenters. The van der Waals surface area contributed by atoms with Gasteiger partial charge in [-0.1, -0.05) is 24.6 Å². The molecule has 1 nitrogen and oxygen atoms in total. The van der Waals surface area contributed by atoms with Crippen LogP contribution in [0.15, 0.2) is 18.2 Å². The van der Waals surface area contributed by atoms with Crippen LogP contribution in [0.25, 0.3) is 10.9 Å². The molecule has 0 amide bonds. The largest absolute Gasteiger partial charge is 0.344 e. The van der Waals surface area contributed by atoms with Gasteiger partial charge >= 0.3 is 0 Å². The first-order chi connectivity index (χ1) is 8.31. The average Bonchev–Trinajstić information content (AvgIpc) is 2.65. The lowest BCUT2D eigenvalue weighted by atomic mass is 9.95. The molecular formula is C15H18ClN. The molecule has 0 saturated heterocycles. The van der Waals surface area contributed by atoms with Crippen molar-refractivity contribution < 1.29 is 0 Å². The number of fused-ring (bicyclic) bond motifs is 3. The zero-order chi connectivity index (χ0) is 11.8. The third kappa shape index (κ3) is 1.77. The van der Waals surface area contributed by atoms with Crippen molar-refractivity contribution in [3.8, 4) is 0 Å². The first-order valence-electron chi connectivity index (χ1n) is 6.60. The highest BCUT2D eigenvalue weighted by atomic mass is 35.5. The Morgan fingerprint density at radius 2 is 2.06 bits per heavy atom. The van der Waals surface area contributed by atoms with Gasteiger partial charge in [-0.3, -0.25) is 0 Å². The van der Waals surface area contributed by atoms with Crippen LogP contribution in [0.3, 0.4) is 0 Å². The fourth-order valence-corrected chi connectivity index (χ4v) is 3.25. The molecular weight excluding hydrogens is 230 g/mol. The summed E-state index contributed by atoms with van der Waals surface area (Å²) in [5.41, 5.74) is 4.48. The summed E-state index contributed by atoms with van der Waals surface area (Å²) in [4.78, 5) is 0. The standard InChI is InChI=1S/C15H18ClN/c1-2-9-17-14-6-4-3-5-12(14)13-8-7-11(16)10-15(13)17/h7-8,10H,2-6,9H2,1H3. The van der Waals surface area contributed by atoms with Crippen molar-refractivity contribution >= 4 is 22.5 Å². The van der Waals surface area contributed by atoms with E-state index in [9.17, 15) is 0 Å². The van der Waals surface area contributed by atoms with Crippen LogP contribution in [-0.2, 0) is 19.4 Å². The van der Waals surface area contributed by atoms with Gasteiger partial charge in [-0.25, -0.2) is 0 Å². The molecule has 0 N–H and O–H groups in total. The third-order valence-electron chi connectivity index (χ3n) is 3.79. The molecule has 0 fully saturated rings. The summed E-state index contributed by atoms with van der Waals surface area (Å²) < 4.78 is 2.50. The van der Waals surface area contributed by atoms with Crippen LogP contribution in [0.4, 0.5) is 0 Å². The highest BCUT2D eigenvalue weighted by Gasteiger charge is 2.19. The van der Waals surface area contributed by atoms with Crippen LogP contribution in [0.5, 0.6) is 0 Å². The van der Waals surface area contributed by atoms with Gasteiger partial charge in [0.1, 0.15) is 0 Å². The third-order valence-corrected chi connectivity index (χ3v) is 4.02. The highest BCUT2D eigenvalue weighted by molar-refractivity contribution is 6.31. The predicted octanol–water partition coefficient (Wildman–Crippen LogP) is 4.58. The molecule has 1 aromatic carbocycles. The van der Waals surface area contributed by atoms with Gasteiger partial charge in [0.2, 0.25) is 0 Å². The van der Waals surface area contributed by atoms with E-state index in [1.807, 2.05) is 6.07 Å². The Morgan fingerprint density at radius 3 is 2.88 bits per heavy atom. The summed E-state index contributed by atoms with van der Waals surface area (Å²) in [5, 5.41) is 2.28. The van der Waals surface area contributed by atoms with Gasteiger partial charge in [0, 0.05) is 28.2 Å². The fraction of sp³-hybridized carbons (Fsp3) is 0.467. The summed E-state index contributed by atoms with van der Waals surface area (Å²) in [6.07, 6.45) is 6.33. The molecule has 0 radical (unpaired) electrons. The number of halogens is 1. The van der Waals surface area contributed by atoms with Crippen molar-refractivity contribution in [2.45, 2.75) is 45.6 Å². The van der Waals surface area contributed by atoms with Crippen molar-refractivity contribution in [3.63, 3.8) is 0 Å². The van der Waals surface area contributed by atoms with Gasteiger partial charge in [0.05, 0.1) is 0 Å². The van der Waals surface area contributed by atoms with Gasteiger partial charge < -0.3 is 4.57 Å². The fourth-order valence-electron chi connectivity index (χ4n) is 3.09. The predicted molar refractivity (Wildman–Crippen MR) is 73.9 cm³/mol. The van der Waals surface area contributed by atoms with E-state index in [1.165, 1.54) is 43.0 Å². The Morgan fingerprint density at radius 1 is 1.24 bits per heavy atom. The van der Waals surface area contributed by atoms with E-state index < -0.39 is 0 Å². The van der Waals surface area contributed by atoms with Crippen molar-refractivity contribution in [3.05, 3.63) is 34.5 Å². The zero-order valence-corrected chi connectivity index (χ0v) is 11.1. The molecule has 0 atom stereocenters. The Hall–Kier alpha value is -0.950. The van der Waals surface area contributed by atoms with Crippen LogP contribution < -0.4 is 0 Å². The Labute approximate surface area is 107 Å². The first-order valence-corrected chi connectivity index (χ1v) is 6.98. The van der Waals surface area contributed by atoms with Gasteiger partial charge in [-0.05, 0) is 49.8 Å². The van der Waals surface area contributed by atoms with Crippen LogP contribution in [0.2, 0.25) is 5.02 Å². The van der Waals surface area contributed by atoms with E-state index in [4.69, 9.17) is 11.6 Å². The van der Waals surface area contributed by atoms with E-state index in [1.54, 1.807) is 11.3 Å². The summed E-state index contributed by atoms with van der Waals surface area (Å²) in [7, 11) is 0. The Bertz CT molecular complexity index is 554. The van der Waals surface area contributed by atoms with E-state index in [-0.39, 0.29) is 0 Å². The maximum atomic E-state index is 6.14. The van der Waals surface area contributed by atoms with Crippen LogP contribution in [0.1, 0.15) is 37.4 Å². The second-order valence-corrected chi connectivity index (χ2v) is 5.38. The van der Waals surface area contributed by atoms with E-state index in [2.05, 4.69) is 23.6 Å². The number of hydrogen-bond donors (Lipinski definition) is 0. The lowest BCUT2D eigenvalue weighted by Gasteiger charge is -2.15. The summed E-state index contributed by atoms with van der Waals surface area (Å²) in [6.45, 7) is 3.36. The number of benzene rings is 1. The van der Waals surface area contributed by atoms with Gasteiger partial charge in [0.15, 0.2) is 0 Å². The molecule has 2 aromatic rings. The highest BCUT2D eigenvalue weighted by Crippen LogP contribution is 2.33. The summed E-state index contributed by atoms with van der Waals surface area (Å²) in [5.74, 6) is 0. The SMILES string of the molecule is CCCn1c2c(c3ccc(Cl)cc31)CCCC2. The molecule has 90 valence electrons. The monoisotopic (exact) mass is 247 g/mol. The number of hydrogen-bond acceptors (Lipinski definition) is 0.